The lowest BCUT2D eigenvalue weighted by Gasteiger charge is -2.23. The van der Waals surface area contributed by atoms with E-state index in [1.807, 2.05) is 0 Å². The van der Waals surface area contributed by atoms with Crippen molar-refractivity contribution in [2.45, 2.75) is 39.8 Å². The average Bonchev–Trinajstić information content (AvgIpc) is 2.16. The van der Waals surface area contributed by atoms with Crippen molar-refractivity contribution in [3.63, 3.8) is 0 Å². The smallest absolute Gasteiger partial charge is 0.0106 e. The summed E-state index contributed by atoms with van der Waals surface area (Å²) < 4.78 is 0. The molecule has 0 aromatic carbocycles. The van der Waals surface area contributed by atoms with Crippen LogP contribution in [0.3, 0.4) is 0 Å². The van der Waals surface area contributed by atoms with E-state index in [2.05, 4.69) is 56.9 Å². The Morgan fingerprint density at radius 3 is 1.40 bits per heavy atom. The standard InChI is InChI=1S/C12H29N3/c1-11(2)14(5)9-7-13-8-10-15(6)12(3)4/h11-13H,7-10H2,1-6H3. The van der Waals surface area contributed by atoms with Gasteiger partial charge in [0, 0.05) is 38.3 Å². The molecule has 0 saturated carbocycles. The average molecular weight is 215 g/mol. The van der Waals surface area contributed by atoms with Crippen LogP contribution in [-0.2, 0) is 0 Å². The Kier molecular flexibility index (Phi) is 8.02. The first-order valence-electron chi connectivity index (χ1n) is 6.06. The summed E-state index contributed by atoms with van der Waals surface area (Å²) in [5, 5.41) is 3.47. The molecule has 1 N–H and O–H groups in total. The van der Waals surface area contributed by atoms with Crippen molar-refractivity contribution < 1.29 is 0 Å². The van der Waals surface area contributed by atoms with Crippen molar-refractivity contribution in [3.8, 4) is 0 Å². The maximum Gasteiger partial charge on any atom is 0.0106 e. The molecular weight excluding hydrogens is 186 g/mol. The van der Waals surface area contributed by atoms with E-state index < -0.39 is 0 Å². The number of nitrogens with one attached hydrogen (secondary N) is 1. The maximum atomic E-state index is 3.47. The van der Waals surface area contributed by atoms with Gasteiger partial charge < -0.3 is 15.1 Å². The van der Waals surface area contributed by atoms with Crippen LogP contribution in [0.5, 0.6) is 0 Å². The summed E-state index contributed by atoms with van der Waals surface area (Å²) in [5.41, 5.74) is 0. The molecule has 0 aliphatic heterocycles. The molecule has 3 heteroatoms. The van der Waals surface area contributed by atoms with Gasteiger partial charge in [-0.1, -0.05) is 0 Å². The molecule has 0 unspecified atom stereocenters. The SMILES string of the molecule is CC(C)N(C)CCNCCN(C)C(C)C. The first-order chi connectivity index (χ1) is 6.95. The van der Waals surface area contributed by atoms with Gasteiger partial charge in [-0.05, 0) is 41.8 Å². The van der Waals surface area contributed by atoms with Gasteiger partial charge in [0.15, 0.2) is 0 Å². The summed E-state index contributed by atoms with van der Waals surface area (Å²) in [4.78, 5) is 4.72. The number of likely N-dealkylation sites (N-methyl/N-ethyl adjacent to an activating group) is 2. The second-order valence-corrected chi connectivity index (χ2v) is 4.90. The molecule has 15 heavy (non-hydrogen) atoms. The summed E-state index contributed by atoms with van der Waals surface area (Å²) in [6.45, 7) is 13.3. The van der Waals surface area contributed by atoms with E-state index in [1.54, 1.807) is 0 Å². The quantitative estimate of drug-likeness (QED) is 0.615. The fourth-order valence-electron chi connectivity index (χ4n) is 1.15. The van der Waals surface area contributed by atoms with Crippen LogP contribution in [0.2, 0.25) is 0 Å². The molecule has 0 spiro atoms. The second-order valence-electron chi connectivity index (χ2n) is 4.90. The van der Waals surface area contributed by atoms with Gasteiger partial charge in [-0.3, -0.25) is 0 Å². The Morgan fingerprint density at radius 2 is 1.13 bits per heavy atom. The molecule has 0 heterocycles. The first-order valence-corrected chi connectivity index (χ1v) is 6.06. The molecule has 0 aliphatic rings. The van der Waals surface area contributed by atoms with E-state index in [4.69, 9.17) is 0 Å². The fourth-order valence-corrected chi connectivity index (χ4v) is 1.15. The van der Waals surface area contributed by atoms with Gasteiger partial charge in [-0.2, -0.15) is 0 Å². The van der Waals surface area contributed by atoms with Crippen molar-refractivity contribution in [2.75, 3.05) is 40.3 Å². The molecule has 3 nitrogen and oxygen atoms in total. The van der Waals surface area contributed by atoms with E-state index in [9.17, 15) is 0 Å². The zero-order valence-corrected chi connectivity index (χ0v) is 11.4. The van der Waals surface area contributed by atoms with Gasteiger partial charge in [-0.15, -0.1) is 0 Å². The predicted molar refractivity (Wildman–Crippen MR) is 68.4 cm³/mol. The van der Waals surface area contributed by atoms with Gasteiger partial charge in [0.2, 0.25) is 0 Å². The summed E-state index contributed by atoms with van der Waals surface area (Å²) in [6.07, 6.45) is 0. The summed E-state index contributed by atoms with van der Waals surface area (Å²) >= 11 is 0. The highest BCUT2D eigenvalue weighted by Crippen LogP contribution is 1.92. The molecule has 0 amide bonds. The molecule has 0 saturated heterocycles. The van der Waals surface area contributed by atoms with Gasteiger partial charge in [0.25, 0.3) is 0 Å². The van der Waals surface area contributed by atoms with Crippen LogP contribution in [0, 0.1) is 0 Å². The third kappa shape index (κ3) is 7.77. The molecule has 0 aliphatic carbocycles. The normalized spacial score (nSPS) is 12.4. The van der Waals surface area contributed by atoms with Crippen molar-refractivity contribution in [3.05, 3.63) is 0 Å². The van der Waals surface area contributed by atoms with Crippen LogP contribution in [0.4, 0.5) is 0 Å². The van der Waals surface area contributed by atoms with E-state index in [0.717, 1.165) is 26.2 Å². The van der Waals surface area contributed by atoms with E-state index in [-0.39, 0.29) is 0 Å². The molecule has 0 aromatic rings. The molecule has 0 bridgehead atoms. The number of hydrogen-bond acceptors (Lipinski definition) is 3. The van der Waals surface area contributed by atoms with Crippen LogP contribution < -0.4 is 5.32 Å². The van der Waals surface area contributed by atoms with Crippen LogP contribution in [-0.4, -0.2) is 62.2 Å². The minimum absolute atomic E-state index is 0.644. The third-order valence-electron chi connectivity index (χ3n) is 3.05. The molecule has 92 valence electrons. The zero-order chi connectivity index (χ0) is 11.8. The minimum Gasteiger partial charge on any atom is -0.314 e. The zero-order valence-electron chi connectivity index (χ0n) is 11.4. The van der Waals surface area contributed by atoms with Gasteiger partial charge in [0.1, 0.15) is 0 Å². The van der Waals surface area contributed by atoms with Crippen molar-refractivity contribution >= 4 is 0 Å². The Labute approximate surface area is 95.8 Å². The second kappa shape index (κ2) is 8.08. The summed E-state index contributed by atoms with van der Waals surface area (Å²) in [7, 11) is 4.35. The molecule has 0 atom stereocenters. The fraction of sp³-hybridized carbons (Fsp3) is 1.00. The van der Waals surface area contributed by atoms with E-state index in [1.165, 1.54) is 0 Å². The largest absolute Gasteiger partial charge is 0.314 e. The maximum absolute atomic E-state index is 3.47. The molecule has 0 fully saturated rings. The van der Waals surface area contributed by atoms with Crippen molar-refractivity contribution in [1.82, 2.24) is 15.1 Å². The Morgan fingerprint density at radius 1 is 0.800 bits per heavy atom. The van der Waals surface area contributed by atoms with Crippen molar-refractivity contribution in [2.24, 2.45) is 0 Å². The third-order valence-corrected chi connectivity index (χ3v) is 3.05. The van der Waals surface area contributed by atoms with E-state index in [0.29, 0.717) is 12.1 Å². The van der Waals surface area contributed by atoms with Crippen LogP contribution in [0.25, 0.3) is 0 Å². The molecule has 0 rings (SSSR count). The lowest BCUT2D eigenvalue weighted by Crippen LogP contribution is -2.38. The first kappa shape index (κ1) is 14.9. The Balaban J connectivity index is 3.32. The molecule has 0 aromatic heterocycles. The van der Waals surface area contributed by atoms with Crippen LogP contribution in [0.15, 0.2) is 0 Å². The van der Waals surface area contributed by atoms with Crippen LogP contribution in [0.1, 0.15) is 27.7 Å². The van der Waals surface area contributed by atoms with Gasteiger partial charge in [0.05, 0.1) is 0 Å². The van der Waals surface area contributed by atoms with E-state index >= 15 is 0 Å². The monoisotopic (exact) mass is 215 g/mol. The van der Waals surface area contributed by atoms with Crippen LogP contribution >= 0.6 is 0 Å². The molecule has 0 radical (unpaired) electrons. The Bertz CT molecular complexity index is 130. The highest BCUT2D eigenvalue weighted by Gasteiger charge is 2.03. The number of rotatable bonds is 8. The highest BCUT2D eigenvalue weighted by atomic mass is 15.2. The predicted octanol–water partition coefficient (Wildman–Crippen LogP) is 1.26. The number of nitrogens with zero attached hydrogens (tertiary/aromatic N) is 2. The highest BCUT2D eigenvalue weighted by molar-refractivity contribution is 4.61. The lowest BCUT2D eigenvalue weighted by molar-refractivity contribution is 0.257. The van der Waals surface area contributed by atoms with Crippen molar-refractivity contribution in [1.29, 1.82) is 0 Å². The summed E-state index contributed by atoms with van der Waals surface area (Å²) in [5.74, 6) is 0. The Hall–Kier alpha value is -0.120. The minimum atomic E-state index is 0.644. The summed E-state index contributed by atoms with van der Waals surface area (Å²) in [6, 6.07) is 1.29. The lowest BCUT2D eigenvalue weighted by atomic mass is 10.3. The van der Waals surface area contributed by atoms with Gasteiger partial charge in [-0.25, -0.2) is 0 Å². The topological polar surface area (TPSA) is 18.5 Å². The van der Waals surface area contributed by atoms with Gasteiger partial charge >= 0.3 is 0 Å². The number of hydrogen-bond donors (Lipinski definition) is 1. The molecular formula is C12H29N3.